The third-order valence-electron chi connectivity index (χ3n) is 3.33. The van der Waals surface area contributed by atoms with E-state index in [0.29, 0.717) is 6.42 Å². The molecule has 1 N–H and O–H groups in total. The van der Waals surface area contributed by atoms with Crippen LogP contribution in [0.25, 0.3) is 0 Å². The second-order valence-electron chi connectivity index (χ2n) is 6.01. The van der Waals surface area contributed by atoms with E-state index in [1.807, 2.05) is 30.1 Å². The van der Waals surface area contributed by atoms with Crippen molar-refractivity contribution in [2.75, 3.05) is 19.6 Å². The highest BCUT2D eigenvalue weighted by Gasteiger charge is 2.15. The molecule has 0 aromatic carbocycles. The lowest BCUT2D eigenvalue weighted by atomic mass is 9.95. The number of carbonyl (C=O) groups excluding carboxylic acids is 1. The lowest BCUT2D eigenvalue weighted by Crippen LogP contribution is -2.32. The summed E-state index contributed by atoms with van der Waals surface area (Å²) in [5, 5.41) is 3.36. The van der Waals surface area contributed by atoms with Gasteiger partial charge in [-0.15, -0.1) is 11.3 Å². The van der Waals surface area contributed by atoms with Gasteiger partial charge in [0.15, 0.2) is 0 Å². The Hall–Kier alpha value is -0.870. The largest absolute Gasteiger partial charge is 0.343 e. The van der Waals surface area contributed by atoms with Crippen molar-refractivity contribution in [1.29, 1.82) is 0 Å². The number of amides is 1. The molecular formula is C16H28N2OS. The Bertz CT molecular complexity index is 416. The molecule has 20 heavy (non-hydrogen) atoms. The predicted molar refractivity (Wildman–Crippen MR) is 87.3 cm³/mol. The molecule has 1 rings (SSSR count). The highest BCUT2D eigenvalue weighted by atomic mass is 32.1. The van der Waals surface area contributed by atoms with Gasteiger partial charge in [0.1, 0.15) is 0 Å². The fraction of sp³-hybridized carbons (Fsp3) is 0.688. The van der Waals surface area contributed by atoms with Gasteiger partial charge in [-0.25, -0.2) is 0 Å². The standard InChI is InChI=1S/C16H28N2OS/c1-6-18(7-2)15(19)10-11-17-12-13-8-9-14(20-13)16(3,4)5/h8-9,17H,6-7,10-12H2,1-5H3. The van der Waals surface area contributed by atoms with Gasteiger partial charge >= 0.3 is 0 Å². The highest BCUT2D eigenvalue weighted by Crippen LogP contribution is 2.29. The monoisotopic (exact) mass is 296 g/mol. The topological polar surface area (TPSA) is 32.3 Å². The minimum absolute atomic E-state index is 0.224. The van der Waals surface area contributed by atoms with E-state index in [-0.39, 0.29) is 11.3 Å². The number of rotatable bonds is 7. The summed E-state index contributed by atoms with van der Waals surface area (Å²) in [4.78, 5) is 16.5. The van der Waals surface area contributed by atoms with Crippen LogP contribution in [-0.4, -0.2) is 30.4 Å². The zero-order chi connectivity index (χ0) is 15.2. The molecule has 0 spiro atoms. The van der Waals surface area contributed by atoms with Crippen LogP contribution < -0.4 is 5.32 Å². The molecule has 3 nitrogen and oxygen atoms in total. The number of nitrogens with zero attached hydrogens (tertiary/aromatic N) is 1. The summed E-state index contributed by atoms with van der Waals surface area (Å²) < 4.78 is 0. The third-order valence-corrected chi connectivity index (χ3v) is 4.84. The van der Waals surface area contributed by atoms with Gasteiger partial charge in [-0.1, -0.05) is 20.8 Å². The maximum absolute atomic E-state index is 11.8. The molecule has 114 valence electrons. The SMILES string of the molecule is CCN(CC)C(=O)CCNCc1ccc(C(C)(C)C)s1. The average molecular weight is 296 g/mol. The summed E-state index contributed by atoms with van der Waals surface area (Å²) in [6.45, 7) is 14.0. The van der Waals surface area contributed by atoms with E-state index < -0.39 is 0 Å². The molecule has 0 aliphatic carbocycles. The summed E-state index contributed by atoms with van der Waals surface area (Å²) in [7, 11) is 0. The first kappa shape index (κ1) is 17.2. The first-order valence-corrected chi connectivity index (χ1v) is 8.27. The Morgan fingerprint density at radius 3 is 2.40 bits per heavy atom. The van der Waals surface area contributed by atoms with Crippen LogP contribution in [0.15, 0.2) is 12.1 Å². The average Bonchev–Trinajstić information content (AvgIpc) is 2.85. The quantitative estimate of drug-likeness (QED) is 0.782. The normalized spacial score (nSPS) is 11.7. The number of nitrogens with one attached hydrogen (secondary N) is 1. The minimum atomic E-state index is 0.224. The van der Waals surface area contributed by atoms with Gasteiger partial charge in [0, 0.05) is 42.4 Å². The van der Waals surface area contributed by atoms with Crippen molar-refractivity contribution in [3.05, 3.63) is 21.9 Å². The van der Waals surface area contributed by atoms with E-state index in [1.165, 1.54) is 9.75 Å². The summed E-state index contributed by atoms with van der Waals surface area (Å²) in [5.74, 6) is 0.240. The van der Waals surface area contributed by atoms with Crippen LogP contribution in [0.1, 0.15) is 50.8 Å². The number of carbonyl (C=O) groups is 1. The molecule has 1 aromatic heterocycles. The van der Waals surface area contributed by atoms with Gasteiger partial charge in [0.2, 0.25) is 5.91 Å². The van der Waals surface area contributed by atoms with Gasteiger partial charge in [-0.05, 0) is 31.4 Å². The molecule has 0 atom stereocenters. The lowest BCUT2D eigenvalue weighted by molar-refractivity contribution is -0.130. The Kier molecular flexibility index (Phi) is 6.69. The molecule has 1 amide bonds. The van der Waals surface area contributed by atoms with Crippen LogP contribution in [0, 0.1) is 0 Å². The molecule has 0 saturated heterocycles. The van der Waals surface area contributed by atoms with Crippen LogP contribution in [0.2, 0.25) is 0 Å². The van der Waals surface area contributed by atoms with Crippen molar-refractivity contribution in [1.82, 2.24) is 10.2 Å². The van der Waals surface area contributed by atoms with Crippen molar-refractivity contribution < 1.29 is 4.79 Å². The first-order valence-electron chi connectivity index (χ1n) is 7.46. The molecule has 1 heterocycles. The third kappa shape index (κ3) is 5.25. The number of thiophene rings is 1. The van der Waals surface area contributed by atoms with Crippen molar-refractivity contribution in [3.8, 4) is 0 Å². The Morgan fingerprint density at radius 2 is 1.90 bits per heavy atom. The Balaban J connectivity index is 2.31. The van der Waals surface area contributed by atoms with E-state index >= 15 is 0 Å². The van der Waals surface area contributed by atoms with Gasteiger partial charge < -0.3 is 10.2 Å². The van der Waals surface area contributed by atoms with Crippen LogP contribution >= 0.6 is 11.3 Å². The number of hydrogen-bond donors (Lipinski definition) is 1. The maximum atomic E-state index is 11.8. The maximum Gasteiger partial charge on any atom is 0.223 e. The Morgan fingerprint density at radius 1 is 1.25 bits per heavy atom. The molecule has 0 radical (unpaired) electrons. The highest BCUT2D eigenvalue weighted by molar-refractivity contribution is 7.12. The lowest BCUT2D eigenvalue weighted by Gasteiger charge is -2.18. The van der Waals surface area contributed by atoms with E-state index in [9.17, 15) is 4.79 Å². The Labute approximate surface area is 127 Å². The van der Waals surface area contributed by atoms with E-state index in [1.54, 1.807) is 0 Å². The first-order chi connectivity index (χ1) is 9.38. The van der Waals surface area contributed by atoms with E-state index in [0.717, 1.165) is 26.2 Å². The molecule has 4 heteroatoms. The molecule has 0 aliphatic rings. The molecule has 0 bridgehead atoms. The van der Waals surface area contributed by atoms with Gasteiger partial charge in [0.05, 0.1) is 0 Å². The molecule has 1 aromatic rings. The van der Waals surface area contributed by atoms with Crippen LogP contribution in [0.3, 0.4) is 0 Å². The zero-order valence-corrected chi connectivity index (χ0v) is 14.3. The molecule has 0 aliphatic heterocycles. The van der Waals surface area contributed by atoms with Crippen molar-refractivity contribution in [3.63, 3.8) is 0 Å². The van der Waals surface area contributed by atoms with Gasteiger partial charge in [-0.3, -0.25) is 4.79 Å². The summed E-state index contributed by atoms with van der Waals surface area (Å²) >= 11 is 1.86. The molecule has 0 saturated carbocycles. The molecular weight excluding hydrogens is 268 g/mol. The van der Waals surface area contributed by atoms with Crippen LogP contribution in [-0.2, 0) is 16.8 Å². The van der Waals surface area contributed by atoms with Gasteiger partial charge in [-0.2, -0.15) is 0 Å². The van der Waals surface area contributed by atoms with Gasteiger partial charge in [0.25, 0.3) is 0 Å². The molecule has 0 unspecified atom stereocenters. The minimum Gasteiger partial charge on any atom is -0.343 e. The second kappa shape index (κ2) is 7.79. The fourth-order valence-corrected chi connectivity index (χ4v) is 3.05. The van der Waals surface area contributed by atoms with E-state index in [2.05, 4.69) is 38.2 Å². The van der Waals surface area contributed by atoms with Crippen molar-refractivity contribution in [2.24, 2.45) is 0 Å². The summed E-state index contributed by atoms with van der Waals surface area (Å²) in [5.41, 5.74) is 0.224. The number of hydrogen-bond acceptors (Lipinski definition) is 3. The van der Waals surface area contributed by atoms with Crippen LogP contribution in [0.5, 0.6) is 0 Å². The zero-order valence-electron chi connectivity index (χ0n) is 13.5. The van der Waals surface area contributed by atoms with Crippen molar-refractivity contribution >= 4 is 17.2 Å². The predicted octanol–water partition coefficient (Wildman–Crippen LogP) is 3.39. The second-order valence-corrected chi connectivity index (χ2v) is 7.18. The van der Waals surface area contributed by atoms with Crippen LogP contribution in [0.4, 0.5) is 0 Å². The smallest absolute Gasteiger partial charge is 0.223 e. The molecule has 0 fully saturated rings. The van der Waals surface area contributed by atoms with E-state index in [4.69, 9.17) is 0 Å². The summed E-state index contributed by atoms with van der Waals surface area (Å²) in [6, 6.07) is 4.40. The van der Waals surface area contributed by atoms with Crippen molar-refractivity contribution in [2.45, 2.75) is 53.0 Å². The summed E-state index contributed by atoms with van der Waals surface area (Å²) in [6.07, 6.45) is 0.583. The fourth-order valence-electron chi connectivity index (χ4n) is 2.02.